The lowest BCUT2D eigenvalue weighted by molar-refractivity contribution is -0.147. The molecule has 2 aromatic carbocycles. The van der Waals surface area contributed by atoms with Gasteiger partial charge in [0.25, 0.3) is 5.91 Å². The molecule has 3 aliphatic rings. The number of hydrogen-bond donors (Lipinski definition) is 2. The van der Waals surface area contributed by atoms with E-state index in [4.69, 9.17) is 0 Å². The molecule has 3 fully saturated rings. The Balaban J connectivity index is 1.24. The topological polar surface area (TPSA) is 52.6 Å². The minimum atomic E-state index is -1.40. The fraction of sp³-hybridized carbons (Fsp3) is 0.480. The largest absolute Gasteiger partial charge is 0.375 e. The van der Waals surface area contributed by atoms with Crippen LogP contribution in [0.3, 0.4) is 0 Å². The van der Waals surface area contributed by atoms with Crippen LogP contribution in [0.25, 0.3) is 0 Å². The van der Waals surface area contributed by atoms with E-state index in [2.05, 4.69) is 40.5 Å². The number of likely N-dealkylation sites (tertiary alicyclic amines) is 1. The summed E-state index contributed by atoms with van der Waals surface area (Å²) >= 11 is 0. The predicted molar refractivity (Wildman–Crippen MR) is 113 cm³/mol. The summed E-state index contributed by atoms with van der Waals surface area (Å²) in [6.07, 6.45) is 4.02. The molecule has 2 saturated carbocycles. The number of piperidine rings is 1. The maximum atomic E-state index is 13.3. The molecule has 2 aliphatic carbocycles. The number of amides is 1. The highest BCUT2D eigenvalue weighted by Crippen LogP contribution is 2.47. The summed E-state index contributed by atoms with van der Waals surface area (Å²) in [4.78, 5) is 15.8. The molecule has 1 aliphatic heterocycles. The van der Waals surface area contributed by atoms with Crippen LogP contribution in [0.4, 0.5) is 0 Å². The first-order valence-corrected chi connectivity index (χ1v) is 11.0. The summed E-state index contributed by atoms with van der Waals surface area (Å²) < 4.78 is 0. The molecule has 4 atom stereocenters. The van der Waals surface area contributed by atoms with Crippen LogP contribution < -0.4 is 5.32 Å². The minimum Gasteiger partial charge on any atom is -0.375 e. The Morgan fingerprint density at radius 3 is 2.17 bits per heavy atom. The molecule has 0 radical (unpaired) electrons. The fourth-order valence-corrected chi connectivity index (χ4v) is 5.65. The van der Waals surface area contributed by atoms with Crippen LogP contribution in [-0.4, -0.2) is 35.0 Å². The third-order valence-corrected chi connectivity index (χ3v) is 7.32. The molecule has 1 heterocycles. The van der Waals surface area contributed by atoms with Crippen LogP contribution in [0.2, 0.25) is 0 Å². The van der Waals surface area contributed by atoms with Crippen LogP contribution >= 0.6 is 0 Å². The Labute approximate surface area is 172 Å². The van der Waals surface area contributed by atoms with Gasteiger partial charge in [0.1, 0.15) is 0 Å². The molecule has 0 bridgehead atoms. The number of fused-ring (bicyclic) bond motifs is 1. The summed E-state index contributed by atoms with van der Waals surface area (Å²) in [6, 6.07) is 20.3. The second-order valence-corrected chi connectivity index (χ2v) is 9.12. The molecule has 4 nitrogen and oxygen atoms in total. The first-order chi connectivity index (χ1) is 14.2. The monoisotopic (exact) mass is 390 g/mol. The van der Waals surface area contributed by atoms with Gasteiger partial charge in [0.15, 0.2) is 5.60 Å². The summed E-state index contributed by atoms with van der Waals surface area (Å²) in [5, 5.41) is 14.9. The lowest BCUT2D eigenvalue weighted by Gasteiger charge is -2.33. The predicted octanol–water partition coefficient (Wildman–Crippen LogP) is 3.31. The molecule has 1 saturated heterocycles. The van der Waals surface area contributed by atoms with Gasteiger partial charge in [0.2, 0.25) is 0 Å². The number of carbonyl (C=O) groups excluding carboxylic acids is 1. The highest BCUT2D eigenvalue weighted by atomic mass is 16.3. The second-order valence-electron chi connectivity index (χ2n) is 9.12. The quantitative estimate of drug-likeness (QED) is 0.796. The Hall–Kier alpha value is -2.17. The normalized spacial score (nSPS) is 28.7. The van der Waals surface area contributed by atoms with Crippen molar-refractivity contribution < 1.29 is 9.90 Å². The molecule has 29 heavy (non-hydrogen) atoms. The Bertz CT molecular complexity index is 838. The molecule has 0 spiro atoms. The van der Waals surface area contributed by atoms with Gasteiger partial charge in [-0.15, -0.1) is 0 Å². The van der Waals surface area contributed by atoms with E-state index in [0.717, 1.165) is 50.9 Å². The molecular formula is C25H30N2O2. The molecule has 3 unspecified atom stereocenters. The van der Waals surface area contributed by atoms with Crippen LogP contribution in [0.1, 0.15) is 36.8 Å². The number of nitrogens with one attached hydrogen (secondary N) is 1. The first-order valence-electron chi connectivity index (χ1n) is 11.0. The zero-order valence-corrected chi connectivity index (χ0v) is 16.8. The van der Waals surface area contributed by atoms with Gasteiger partial charge in [-0.25, -0.2) is 0 Å². The summed E-state index contributed by atoms with van der Waals surface area (Å²) in [5.41, 5.74) is 0.674. The zero-order chi connectivity index (χ0) is 19.8. The van der Waals surface area contributed by atoms with Gasteiger partial charge in [0, 0.05) is 31.6 Å². The van der Waals surface area contributed by atoms with Gasteiger partial charge >= 0.3 is 0 Å². The van der Waals surface area contributed by atoms with Crippen molar-refractivity contribution in [2.75, 3.05) is 13.1 Å². The maximum Gasteiger partial charge on any atom is 0.257 e. The number of hydrogen-bond acceptors (Lipinski definition) is 3. The average molecular weight is 391 g/mol. The molecule has 4 heteroatoms. The van der Waals surface area contributed by atoms with Crippen molar-refractivity contribution in [2.45, 2.75) is 43.9 Å². The summed E-state index contributed by atoms with van der Waals surface area (Å²) in [5.74, 6) is 0.861. The Kier molecular flexibility index (Phi) is 4.92. The highest BCUT2D eigenvalue weighted by Gasteiger charge is 2.58. The third kappa shape index (κ3) is 3.49. The molecule has 0 aromatic heterocycles. The van der Waals surface area contributed by atoms with Crippen molar-refractivity contribution >= 4 is 5.91 Å². The van der Waals surface area contributed by atoms with E-state index < -0.39 is 5.60 Å². The fourth-order valence-electron chi connectivity index (χ4n) is 5.65. The zero-order valence-electron chi connectivity index (χ0n) is 16.8. The lowest BCUT2D eigenvalue weighted by atomic mass is 9.79. The van der Waals surface area contributed by atoms with Gasteiger partial charge in [-0.05, 0) is 35.8 Å². The first kappa shape index (κ1) is 18.8. The summed E-state index contributed by atoms with van der Waals surface area (Å²) in [7, 11) is 0. The van der Waals surface area contributed by atoms with Gasteiger partial charge in [-0.2, -0.15) is 0 Å². The lowest BCUT2D eigenvalue weighted by Crippen LogP contribution is -2.50. The van der Waals surface area contributed by atoms with Crippen molar-refractivity contribution in [1.82, 2.24) is 10.2 Å². The van der Waals surface area contributed by atoms with E-state index in [-0.39, 0.29) is 17.9 Å². The Morgan fingerprint density at radius 2 is 1.55 bits per heavy atom. The van der Waals surface area contributed by atoms with Gasteiger partial charge in [0.05, 0.1) is 0 Å². The highest BCUT2D eigenvalue weighted by molar-refractivity contribution is 5.87. The number of benzene rings is 2. The molecule has 5 rings (SSSR count). The molecule has 2 aromatic rings. The van der Waals surface area contributed by atoms with Gasteiger partial charge in [-0.1, -0.05) is 73.5 Å². The molecule has 2 N–H and O–H groups in total. The smallest absolute Gasteiger partial charge is 0.257 e. The third-order valence-electron chi connectivity index (χ3n) is 7.32. The van der Waals surface area contributed by atoms with E-state index in [1.54, 1.807) is 0 Å². The van der Waals surface area contributed by atoms with Gasteiger partial charge < -0.3 is 10.4 Å². The van der Waals surface area contributed by atoms with Crippen molar-refractivity contribution in [3.63, 3.8) is 0 Å². The molecule has 152 valence electrons. The van der Waals surface area contributed by atoms with E-state index in [0.29, 0.717) is 11.8 Å². The number of nitrogens with zero attached hydrogens (tertiary/aromatic N) is 1. The standard InChI is InChI=1S/C25H30N2O2/c28-24(25(29,20-13-7-8-14-20)19-11-5-2-6-12-19)26-23-21-16-27(17-22(21)23)15-18-9-3-1-4-10-18/h1-6,9-12,20-23,29H,7-8,13-17H2,(H,26,28)/t21-,22?,23?,25?/m0/s1. The van der Waals surface area contributed by atoms with E-state index in [1.165, 1.54) is 5.56 Å². The number of carbonyl (C=O) groups is 1. The summed E-state index contributed by atoms with van der Waals surface area (Å²) in [6.45, 7) is 3.03. The van der Waals surface area contributed by atoms with Crippen LogP contribution in [-0.2, 0) is 16.9 Å². The SMILES string of the molecule is O=C(NC1C2CN(Cc3ccccc3)C[C@@H]21)C(O)(c1ccccc1)C1CCCC1. The van der Waals surface area contributed by atoms with E-state index >= 15 is 0 Å². The van der Waals surface area contributed by atoms with Crippen molar-refractivity contribution in [3.05, 3.63) is 71.8 Å². The molecule has 1 amide bonds. The van der Waals surface area contributed by atoms with Crippen LogP contribution in [0, 0.1) is 17.8 Å². The van der Waals surface area contributed by atoms with Crippen molar-refractivity contribution in [3.8, 4) is 0 Å². The van der Waals surface area contributed by atoms with E-state index in [9.17, 15) is 9.90 Å². The molecular weight excluding hydrogens is 360 g/mol. The Morgan fingerprint density at radius 1 is 0.966 bits per heavy atom. The van der Waals surface area contributed by atoms with Crippen LogP contribution in [0.5, 0.6) is 0 Å². The number of rotatable bonds is 6. The van der Waals surface area contributed by atoms with E-state index in [1.807, 2.05) is 30.3 Å². The van der Waals surface area contributed by atoms with Crippen molar-refractivity contribution in [2.24, 2.45) is 17.8 Å². The maximum absolute atomic E-state index is 13.3. The average Bonchev–Trinajstić information content (AvgIpc) is 3.18. The number of aliphatic hydroxyl groups is 1. The minimum absolute atomic E-state index is 0.0121. The second kappa shape index (κ2) is 7.58. The van der Waals surface area contributed by atoms with Gasteiger partial charge in [-0.3, -0.25) is 9.69 Å². The van der Waals surface area contributed by atoms with Crippen LogP contribution in [0.15, 0.2) is 60.7 Å². The van der Waals surface area contributed by atoms with Crippen molar-refractivity contribution in [1.29, 1.82) is 0 Å².